The van der Waals surface area contributed by atoms with Crippen LogP contribution in [0.1, 0.15) is 17.8 Å². The molecule has 0 saturated carbocycles. The van der Waals surface area contributed by atoms with E-state index in [2.05, 4.69) is 20.8 Å². The van der Waals surface area contributed by atoms with Gasteiger partial charge in [0.25, 0.3) is 0 Å². The molecule has 0 radical (unpaired) electrons. The van der Waals surface area contributed by atoms with Crippen LogP contribution in [-0.2, 0) is 11.2 Å². The molecule has 3 aromatic rings. The van der Waals surface area contributed by atoms with Gasteiger partial charge in [-0.15, -0.1) is 5.10 Å². The predicted molar refractivity (Wildman–Crippen MR) is 93.8 cm³/mol. The molecule has 0 aliphatic heterocycles. The van der Waals surface area contributed by atoms with E-state index in [0.717, 1.165) is 6.07 Å². The lowest BCUT2D eigenvalue weighted by Gasteiger charge is -2.12. The van der Waals surface area contributed by atoms with E-state index in [1.807, 2.05) is 0 Å². The van der Waals surface area contributed by atoms with Gasteiger partial charge in [0.05, 0.1) is 7.11 Å². The van der Waals surface area contributed by atoms with Gasteiger partial charge in [0.2, 0.25) is 5.91 Å². The molecule has 0 spiro atoms. The van der Waals surface area contributed by atoms with Crippen LogP contribution in [0.2, 0.25) is 0 Å². The Morgan fingerprint density at radius 1 is 1.26 bits per heavy atom. The van der Waals surface area contributed by atoms with Crippen molar-refractivity contribution >= 4 is 11.6 Å². The van der Waals surface area contributed by atoms with Crippen LogP contribution in [0.3, 0.4) is 0 Å². The van der Waals surface area contributed by atoms with Crippen LogP contribution in [0.5, 0.6) is 5.75 Å². The number of carbonyl (C=O) groups excluding carboxylic acids is 1. The quantitative estimate of drug-likeness (QED) is 0.719. The molecule has 27 heavy (non-hydrogen) atoms. The standard InChI is InChI=1S/C18H17F2N5O2/c1-11-22-23-24-25(11)15-10-13(7-8-16(15)27-2)21-17(26)9-6-12-4-3-5-14(19)18(12)20/h3-5,7-8,10H,6,9H2,1-2H3,(H,21,26). The van der Waals surface area contributed by atoms with Crippen molar-refractivity contribution in [2.45, 2.75) is 19.8 Å². The zero-order valence-corrected chi connectivity index (χ0v) is 14.7. The van der Waals surface area contributed by atoms with Gasteiger partial charge in [0.15, 0.2) is 17.5 Å². The predicted octanol–water partition coefficient (Wildman–Crippen LogP) is 2.83. The minimum absolute atomic E-state index is 0.00560. The van der Waals surface area contributed by atoms with Crippen LogP contribution in [-0.4, -0.2) is 33.2 Å². The maximum atomic E-state index is 13.7. The van der Waals surface area contributed by atoms with Gasteiger partial charge in [-0.2, -0.15) is 4.68 Å². The number of aryl methyl sites for hydroxylation is 2. The summed E-state index contributed by atoms with van der Waals surface area (Å²) in [5.74, 6) is -1.09. The highest BCUT2D eigenvalue weighted by molar-refractivity contribution is 5.91. The van der Waals surface area contributed by atoms with Crippen molar-refractivity contribution in [1.82, 2.24) is 20.2 Å². The Bertz CT molecular complexity index is 974. The van der Waals surface area contributed by atoms with Crippen LogP contribution >= 0.6 is 0 Å². The molecule has 0 aliphatic rings. The number of nitrogens with one attached hydrogen (secondary N) is 1. The Labute approximate surface area is 154 Å². The Kier molecular flexibility index (Phi) is 5.39. The lowest BCUT2D eigenvalue weighted by Crippen LogP contribution is -2.13. The Hall–Kier alpha value is -3.36. The molecule has 0 unspecified atom stereocenters. The smallest absolute Gasteiger partial charge is 0.224 e. The number of anilines is 1. The summed E-state index contributed by atoms with van der Waals surface area (Å²) >= 11 is 0. The average molecular weight is 373 g/mol. The van der Waals surface area contributed by atoms with Crippen molar-refractivity contribution in [2.24, 2.45) is 0 Å². The first-order valence-electron chi connectivity index (χ1n) is 8.15. The van der Waals surface area contributed by atoms with Crippen LogP contribution in [0.4, 0.5) is 14.5 Å². The van der Waals surface area contributed by atoms with Gasteiger partial charge in [-0.3, -0.25) is 4.79 Å². The summed E-state index contributed by atoms with van der Waals surface area (Å²) < 4.78 is 33.7. The molecule has 0 aliphatic carbocycles. The largest absolute Gasteiger partial charge is 0.494 e. The number of ether oxygens (including phenoxy) is 1. The number of tetrazole rings is 1. The molecule has 140 valence electrons. The lowest BCUT2D eigenvalue weighted by atomic mass is 10.1. The van der Waals surface area contributed by atoms with Crippen LogP contribution in [0.15, 0.2) is 36.4 Å². The summed E-state index contributed by atoms with van der Waals surface area (Å²) in [6.45, 7) is 1.73. The first-order chi connectivity index (χ1) is 13.0. The zero-order chi connectivity index (χ0) is 19.4. The second-order valence-electron chi connectivity index (χ2n) is 5.79. The summed E-state index contributed by atoms with van der Waals surface area (Å²) in [5.41, 5.74) is 1.23. The van der Waals surface area contributed by atoms with E-state index >= 15 is 0 Å². The van der Waals surface area contributed by atoms with Gasteiger partial charge >= 0.3 is 0 Å². The fourth-order valence-corrected chi connectivity index (χ4v) is 2.60. The number of methoxy groups -OCH3 is 1. The minimum Gasteiger partial charge on any atom is -0.494 e. The molecule has 1 N–H and O–H groups in total. The highest BCUT2D eigenvalue weighted by Crippen LogP contribution is 2.26. The molecule has 1 amide bonds. The number of halogens is 2. The molecule has 0 atom stereocenters. The van der Waals surface area contributed by atoms with E-state index in [9.17, 15) is 13.6 Å². The normalized spacial score (nSPS) is 10.7. The number of rotatable bonds is 6. The second-order valence-corrected chi connectivity index (χ2v) is 5.79. The molecule has 0 fully saturated rings. The number of benzene rings is 2. The van der Waals surface area contributed by atoms with E-state index in [4.69, 9.17) is 4.74 Å². The van der Waals surface area contributed by atoms with Gasteiger partial charge in [0.1, 0.15) is 11.4 Å². The van der Waals surface area contributed by atoms with Crippen molar-refractivity contribution < 1.29 is 18.3 Å². The van der Waals surface area contributed by atoms with Crippen LogP contribution < -0.4 is 10.1 Å². The third kappa shape index (κ3) is 4.08. The van der Waals surface area contributed by atoms with E-state index in [1.54, 1.807) is 25.1 Å². The summed E-state index contributed by atoms with van der Waals surface area (Å²) in [6.07, 6.45) is 0.0934. The average Bonchev–Trinajstić information content (AvgIpc) is 3.08. The first kappa shape index (κ1) is 18.4. The number of amides is 1. The summed E-state index contributed by atoms with van der Waals surface area (Å²) in [4.78, 5) is 12.2. The van der Waals surface area contributed by atoms with Crippen LogP contribution in [0.25, 0.3) is 5.69 Å². The van der Waals surface area contributed by atoms with E-state index in [-0.39, 0.29) is 24.3 Å². The number of aromatic nitrogens is 4. The van der Waals surface area contributed by atoms with Crippen molar-refractivity contribution in [3.63, 3.8) is 0 Å². The molecule has 0 saturated heterocycles. The Balaban J connectivity index is 1.73. The van der Waals surface area contributed by atoms with Gasteiger partial charge in [0, 0.05) is 12.1 Å². The van der Waals surface area contributed by atoms with Gasteiger partial charge < -0.3 is 10.1 Å². The SMILES string of the molecule is COc1ccc(NC(=O)CCc2cccc(F)c2F)cc1-n1nnnc1C. The van der Waals surface area contributed by atoms with E-state index in [0.29, 0.717) is 22.9 Å². The molecule has 1 aromatic heterocycles. The number of nitrogens with zero attached hydrogens (tertiary/aromatic N) is 4. The fourth-order valence-electron chi connectivity index (χ4n) is 2.60. The van der Waals surface area contributed by atoms with Crippen molar-refractivity contribution in [1.29, 1.82) is 0 Å². The molecule has 1 heterocycles. The summed E-state index contributed by atoms with van der Waals surface area (Å²) in [5, 5.41) is 14.0. The number of hydrogen-bond donors (Lipinski definition) is 1. The third-order valence-electron chi connectivity index (χ3n) is 3.97. The zero-order valence-electron chi connectivity index (χ0n) is 14.7. The second kappa shape index (κ2) is 7.90. The van der Waals surface area contributed by atoms with Crippen LogP contribution in [0, 0.1) is 18.6 Å². The third-order valence-corrected chi connectivity index (χ3v) is 3.97. The van der Waals surface area contributed by atoms with Gasteiger partial charge in [-0.1, -0.05) is 12.1 Å². The van der Waals surface area contributed by atoms with Crippen molar-refractivity contribution in [2.75, 3.05) is 12.4 Å². The van der Waals surface area contributed by atoms with Crippen molar-refractivity contribution in [3.8, 4) is 11.4 Å². The maximum absolute atomic E-state index is 13.7. The fraction of sp³-hybridized carbons (Fsp3) is 0.222. The lowest BCUT2D eigenvalue weighted by molar-refractivity contribution is -0.116. The maximum Gasteiger partial charge on any atom is 0.224 e. The van der Waals surface area contributed by atoms with Gasteiger partial charge in [-0.05, 0) is 53.6 Å². The minimum atomic E-state index is -0.926. The first-order valence-corrected chi connectivity index (χ1v) is 8.15. The molecular weight excluding hydrogens is 356 g/mol. The summed E-state index contributed by atoms with van der Waals surface area (Å²) in [6, 6.07) is 8.93. The topological polar surface area (TPSA) is 81.9 Å². The number of hydrogen-bond acceptors (Lipinski definition) is 5. The molecule has 7 nitrogen and oxygen atoms in total. The summed E-state index contributed by atoms with van der Waals surface area (Å²) in [7, 11) is 1.52. The highest BCUT2D eigenvalue weighted by atomic mass is 19.2. The van der Waals surface area contributed by atoms with Crippen molar-refractivity contribution in [3.05, 3.63) is 59.4 Å². The molecule has 2 aromatic carbocycles. The van der Waals surface area contributed by atoms with E-state index < -0.39 is 11.6 Å². The Morgan fingerprint density at radius 3 is 2.78 bits per heavy atom. The molecule has 0 bridgehead atoms. The molecule has 9 heteroatoms. The van der Waals surface area contributed by atoms with Gasteiger partial charge in [-0.25, -0.2) is 8.78 Å². The highest BCUT2D eigenvalue weighted by Gasteiger charge is 2.13. The van der Waals surface area contributed by atoms with E-state index in [1.165, 1.54) is 23.9 Å². The molecular formula is C18H17F2N5O2. The number of carbonyl (C=O) groups is 1. The Morgan fingerprint density at radius 2 is 2.07 bits per heavy atom. The molecule has 3 rings (SSSR count). The monoisotopic (exact) mass is 373 g/mol.